The van der Waals surface area contributed by atoms with E-state index in [1.54, 1.807) is 0 Å². The van der Waals surface area contributed by atoms with Gasteiger partial charge in [-0.3, -0.25) is 9.69 Å². The molecule has 2 fully saturated rings. The number of carbonyl (C=O) groups excluding carboxylic acids is 1. The number of rotatable bonds is 5. The van der Waals surface area contributed by atoms with E-state index in [1.165, 1.54) is 44.2 Å². The summed E-state index contributed by atoms with van der Waals surface area (Å²) in [4.78, 5) is 26.2. The Bertz CT molecular complexity index is 647. The van der Waals surface area contributed by atoms with Gasteiger partial charge in [0.15, 0.2) is 0 Å². The number of hydrogen-bond acceptors (Lipinski definition) is 4. The van der Waals surface area contributed by atoms with Crippen molar-refractivity contribution in [3.8, 4) is 5.75 Å². The molecule has 6 nitrogen and oxygen atoms in total. The maximum absolute atomic E-state index is 12.5. The Hall–Kier alpha value is -2.08. The summed E-state index contributed by atoms with van der Waals surface area (Å²) in [7, 11) is 0. The highest BCUT2D eigenvalue weighted by atomic mass is 16.4. The Kier molecular flexibility index (Phi) is 5.27. The first-order valence-electron chi connectivity index (χ1n) is 9.11. The average molecular weight is 346 g/mol. The topological polar surface area (TPSA) is 89.9 Å². The fourth-order valence-corrected chi connectivity index (χ4v) is 4.22. The highest BCUT2D eigenvalue weighted by Crippen LogP contribution is 2.36. The number of hydrogen-bond donors (Lipinski definition) is 3. The van der Waals surface area contributed by atoms with Gasteiger partial charge in [-0.1, -0.05) is 19.3 Å². The van der Waals surface area contributed by atoms with E-state index in [-0.39, 0.29) is 28.3 Å². The van der Waals surface area contributed by atoms with Crippen LogP contribution in [0.1, 0.15) is 65.7 Å². The van der Waals surface area contributed by atoms with Gasteiger partial charge in [0.1, 0.15) is 5.75 Å². The van der Waals surface area contributed by atoms with Gasteiger partial charge in [-0.2, -0.15) is 0 Å². The number of nitrogens with one attached hydrogen (secondary N) is 1. The van der Waals surface area contributed by atoms with Crippen LogP contribution in [0.2, 0.25) is 0 Å². The molecule has 6 heteroatoms. The van der Waals surface area contributed by atoms with Crippen LogP contribution in [0.15, 0.2) is 18.2 Å². The maximum Gasteiger partial charge on any atom is 0.335 e. The Morgan fingerprint density at radius 3 is 2.28 bits per heavy atom. The molecule has 0 unspecified atom stereocenters. The number of amides is 1. The summed E-state index contributed by atoms with van der Waals surface area (Å²) in [5, 5.41) is 21.7. The second-order valence-corrected chi connectivity index (χ2v) is 7.24. The molecule has 0 spiro atoms. The van der Waals surface area contributed by atoms with Crippen LogP contribution >= 0.6 is 0 Å². The first-order valence-corrected chi connectivity index (χ1v) is 9.11. The van der Waals surface area contributed by atoms with Gasteiger partial charge in [0.05, 0.1) is 5.56 Å². The van der Waals surface area contributed by atoms with Gasteiger partial charge < -0.3 is 15.5 Å². The summed E-state index contributed by atoms with van der Waals surface area (Å²) in [5.74, 6) is -1.70. The van der Waals surface area contributed by atoms with Gasteiger partial charge in [0.25, 0.3) is 5.91 Å². The number of carboxylic acids is 1. The molecule has 2 aliphatic rings. The van der Waals surface area contributed by atoms with Crippen molar-refractivity contribution < 1.29 is 19.8 Å². The lowest BCUT2D eigenvalue weighted by molar-refractivity contribution is 0.0642. The number of phenolic OH excluding ortho intramolecular Hbond substituents is 1. The van der Waals surface area contributed by atoms with Crippen molar-refractivity contribution in [1.29, 1.82) is 0 Å². The predicted molar refractivity (Wildman–Crippen MR) is 94.0 cm³/mol. The molecule has 1 aliphatic heterocycles. The standard InChI is InChI=1S/C19H26N2O4/c22-16-11-14(10-15(12-16)18(24)25)17(23)20-13-19(6-2-3-7-19)21-8-4-1-5-9-21/h10-12,22H,1-9,13H2,(H,20,23)(H,24,25). The smallest absolute Gasteiger partial charge is 0.335 e. The molecule has 1 aliphatic carbocycles. The van der Waals surface area contributed by atoms with E-state index in [2.05, 4.69) is 10.2 Å². The zero-order valence-electron chi connectivity index (χ0n) is 14.5. The Balaban J connectivity index is 1.71. The van der Waals surface area contributed by atoms with Crippen molar-refractivity contribution in [2.45, 2.75) is 50.5 Å². The fourth-order valence-electron chi connectivity index (χ4n) is 4.22. The summed E-state index contributed by atoms with van der Waals surface area (Å²) in [5.41, 5.74) is 0.128. The largest absolute Gasteiger partial charge is 0.508 e. The van der Waals surface area contributed by atoms with E-state index in [0.29, 0.717) is 6.54 Å². The molecule has 25 heavy (non-hydrogen) atoms. The lowest BCUT2D eigenvalue weighted by atomic mass is 9.92. The highest BCUT2D eigenvalue weighted by molar-refractivity contribution is 5.98. The molecule has 3 N–H and O–H groups in total. The fraction of sp³-hybridized carbons (Fsp3) is 0.579. The lowest BCUT2D eigenvalue weighted by Gasteiger charge is -2.43. The summed E-state index contributed by atoms with van der Waals surface area (Å²) >= 11 is 0. The molecular weight excluding hydrogens is 320 g/mol. The number of likely N-dealkylation sites (tertiary alicyclic amines) is 1. The molecule has 136 valence electrons. The molecule has 1 saturated carbocycles. The molecule has 1 aromatic rings. The van der Waals surface area contributed by atoms with E-state index in [1.807, 2.05) is 0 Å². The molecule has 1 saturated heterocycles. The maximum atomic E-state index is 12.5. The van der Waals surface area contributed by atoms with E-state index in [0.717, 1.165) is 32.0 Å². The summed E-state index contributed by atoms with van der Waals surface area (Å²) in [6.45, 7) is 2.75. The number of aromatic carboxylic acids is 1. The predicted octanol–water partition coefficient (Wildman–Crippen LogP) is 2.62. The van der Waals surface area contributed by atoms with Gasteiger partial charge >= 0.3 is 5.97 Å². The van der Waals surface area contributed by atoms with Crippen LogP contribution in [0.5, 0.6) is 5.75 Å². The molecule has 1 heterocycles. The highest BCUT2D eigenvalue weighted by Gasteiger charge is 2.40. The minimum absolute atomic E-state index is 0.0303. The van der Waals surface area contributed by atoms with E-state index < -0.39 is 5.97 Å². The first kappa shape index (κ1) is 17.7. The van der Waals surface area contributed by atoms with Crippen molar-refractivity contribution in [3.63, 3.8) is 0 Å². The number of carboxylic acid groups (broad SMARTS) is 1. The molecule has 1 aromatic carbocycles. The quantitative estimate of drug-likeness (QED) is 0.762. The number of phenols is 1. The summed E-state index contributed by atoms with van der Waals surface area (Å²) in [6.07, 6.45) is 8.25. The van der Waals surface area contributed by atoms with Crippen LogP contribution in [-0.2, 0) is 0 Å². The van der Waals surface area contributed by atoms with Crippen molar-refractivity contribution in [1.82, 2.24) is 10.2 Å². The zero-order chi connectivity index (χ0) is 17.9. The SMILES string of the molecule is O=C(O)c1cc(O)cc(C(=O)NCC2(N3CCCCC3)CCCC2)c1. The van der Waals surface area contributed by atoms with Crippen LogP contribution in [0.4, 0.5) is 0 Å². The second kappa shape index (κ2) is 7.44. The van der Waals surface area contributed by atoms with E-state index in [9.17, 15) is 14.7 Å². The second-order valence-electron chi connectivity index (χ2n) is 7.24. The number of piperidine rings is 1. The monoisotopic (exact) mass is 346 g/mol. The van der Waals surface area contributed by atoms with Crippen molar-refractivity contribution in [2.24, 2.45) is 0 Å². The number of carbonyl (C=O) groups is 2. The van der Waals surface area contributed by atoms with Crippen LogP contribution in [0.3, 0.4) is 0 Å². The first-order chi connectivity index (χ1) is 12.0. The number of benzene rings is 1. The number of aromatic hydroxyl groups is 1. The van der Waals surface area contributed by atoms with Gasteiger partial charge in [-0.15, -0.1) is 0 Å². The molecule has 3 rings (SSSR count). The normalized spacial score (nSPS) is 20.3. The van der Waals surface area contributed by atoms with E-state index in [4.69, 9.17) is 5.11 Å². The molecule has 0 aromatic heterocycles. The van der Waals surface area contributed by atoms with Crippen LogP contribution in [-0.4, -0.2) is 52.2 Å². The summed E-state index contributed by atoms with van der Waals surface area (Å²) < 4.78 is 0. The lowest BCUT2D eigenvalue weighted by Crippen LogP contribution is -2.55. The van der Waals surface area contributed by atoms with E-state index >= 15 is 0 Å². The minimum atomic E-state index is -1.16. The minimum Gasteiger partial charge on any atom is -0.508 e. The van der Waals surface area contributed by atoms with Gasteiger partial charge in [-0.25, -0.2) is 4.79 Å². The van der Waals surface area contributed by atoms with Gasteiger partial charge in [0.2, 0.25) is 0 Å². The van der Waals surface area contributed by atoms with Gasteiger partial charge in [-0.05, 0) is 57.0 Å². The Morgan fingerprint density at radius 2 is 1.64 bits per heavy atom. The third-order valence-electron chi connectivity index (χ3n) is 5.57. The van der Waals surface area contributed by atoms with Crippen molar-refractivity contribution in [3.05, 3.63) is 29.3 Å². The molecular formula is C19H26N2O4. The zero-order valence-corrected chi connectivity index (χ0v) is 14.5. The Labute approximate surface area is 147 Å². The Morgan fingerprint density at radius 1 is 1.00 bits per heavy atom. The molecule has 1 amide bonds. The number of nitrogens with zero attached hydrogens (tertiary/aromatic N) is 1. The molecule has 0 radical (unpaired) electrons. The van der Waals surface area contributed by atoms with Crippen molar-refractivity contribution in [2.75, 3.05) is 19.6 Å². The molecule has 0 bridgehead atoms. The van der Waals surface area contributed by atoms with Gasteiger partial charge in [0, 0.05) is 17.6 Å². The van der Waals surface area contributed by atoms with Crippen molar-refractivity contribution >= 4 is 11.9 Å². The third-order valence-corrected chi connectivity index (χ3v) is 5.57. The summed E-state index contributed by atoms with van der Waals surface area (Å²) in [6, 6.07) is 3.76. The third kappa shape index (κ3) is 3.95. The van der Waals surface area contributed by atoms with Crippen LogP contribution in [0, 0.1) is 0 Å². The molecule has 0 atom stereocenters. The van der Waals surface area contributed by atoms with Crippen LogP contribution < -0.4 is 5.32 Å². The average Bonchev–Trinajstić information content (AvgIpc) is 3.10. The van der Waals surface area contributed by atoms with Crippen LogP contribution in [0.25, 0.3) is 0 Å².